The number of aliphatic carboxylic acids is 1. The summed E-state index contributed by atoms with van der Waals surface area (Å²) in [7, 11) is 0. The van der Waals surface area contributed by atoms with Gasteiger partial charge < -0.3 is 5.11 Å². The third kappa shape index (κ3) is 5.02. The van der Waals surface area contributed by atoms with Gasteiger partial charge in [0.15, 0.2) is 0 Å². The number of carboxylic acid groups (broad SMARTS) is 1. The van der Waals surface area contributed by atoms with Gasteiger partial charge in [0.05, 0.1) is 10.6 Å². The lowest BCUT2D eigenvalue weighted by Gasteiger charge is -2.32. The molecule has 0 fully saturated rings. The first-order valence-corrected chi connectivity index (χ1v) is 11.9. The maximum atomic E-state index is 11.5. The van der Waals surface area contributed by atoms with Crippen molar-refractivity contribution < 1.29 is 14.8 Å². The predicted molar refractivity (Wildman–Crippen MR) is 140 cm³/mol. The number of rotatable bonds is 7. The molecule has 4 rings (SSSR count). The number of hydrogen-bond donors (Lipinski definition) is 2. The fourth-order valence-electron chi connectivity index (χ4n) is 5.28. The maximum Gasteiger partial charge on any atom is 0.300 e. The summed E-state index contributed by atoms with van der Waals surface area (Å²) >= 11 is 0. The number of nitrogens with one attached hydrogen (secondary N) is 1. The van der Waals surface area contributed by atoms with Crippen LogP contribution < -0.4 is 0 Å². The van der Waals surface area contributed by atoms with E-state index in [2.05, 4.69) is 26.0 Å². The number of aryl methyl sites for hydroxylation is 1. The van der Waals surface area contributed by atoms with Gasteiger partial charge in [-0.3, -0.25) is 20.3 Å². The molecule has 0 atom stereocenters. The molecular formula is C29H32N2O4. The lowest BCUT2D eigenvalue weighted by atomic mass is 9.71. The summed E-state index contributed by atoms with van der Waals surface area (Å²) < 4.78 is 0. The lowest BCUT2D eigenvalue weighted by molar-refractivity contribution is -0.384. The molecule has 0 unspecified atom stereocenters. The molecule has 182 valence electrons. The first-order chi connectivity index (χ1) is 16.7. The van der Waals surface area contributed by atoms with Crippen molar-refractivity contribution >= 4 is 17.4 Å². The normalized spacial score (nSPS) is 12.7. The predicted octanol–water partition coefficient (Wildman–Crippen LogP) is 7.28. The second-order valence-electron chi connectivity index (χ2n) is 9.04. The monoisotopic (exact) mass is 472 g/mol. The third-order valence-corrected chi connectivity index (χ3v) is 6.61. The van der Waals surface area contributed by atoms with Crippen molar-refractivity contribution in [1.29, 1.82) is 5.41 Å². The van der Waals surface area contributed by atoms with Crippen molar-refractivity contribution in [2.45, 2.75) is 58.8 Å². The van der Waals surface area contributed by atoms with Crippen molar-refractivity contribution in [3.8, 4) is 11.1 Å². The van der Waals surface area contributed by atoms with E-state index in [1.807, 2.05) is 43.3 Å². The van der Waals surface area contributed by atoms with Gasteiger partial charge in [0.1, 0.15) is 0 Å². The molecule has 0 heterocycles. The molecule has 0 spiro atoms. The van der Waals surface area contributed by atoms with Crippen LogP contribution in [0.4, 0.5) is 5.69 Å². The minimum Gasteiger partial charge on any atom is -0.481 e. The Morgan fingerprint density at radius 3 is 2.06 bits per heavy atom. The number of nitro benzene ring substituents is 1. The summed E-state index contributed by atoms with van der Waals surface area (Å²) in [6, 6.07) is 19.6. The van der Waals surface area contributed by atoms with Crippen molar-refractivity contribution in [2.75, 3.05) is 0 Å². The van der Waals surface area contributed by atoms with E-state index in [9.17, 15) is 10.1 Å². The zero-order valence-corrected chi connectivity index (χ0v) is 20.7. The van der Waals surface area contributed by atoms with Crippen LogP contribution in [0.5, 0.6) is 0 Å². The van der Waals surface area contributed by atoms with E-state index >= 15 is 0 Å². The molecule has 2 N–H and O–H groups in total. The van der Waals surface area contributed by atoms with Crippen LogP contribution in [0, 0.1) is 22.4 Å². The molecule has 3 aromatic carbocycles. The van der Waals surface area contributed by atoms with Crippen LogP contribution in [0.2, 0.25) is 0 Å². The van der Waals surface area contributed by atoms with Gasteiger partial charge in [-0.2, -0.15) is 0 Å². The van der Waals surface area contributed by atoms with Gasteiger partial charge in [-0.25, -0.2) is 0 Å². The van der Waals surface area contributed by atoms with E-state index in [4.69, 9.17) is 15.3 Å². The number of carbonyl (C=O) groups is 1. The fraction of sp³-hybridized carbons (Fsp3) is 0.310. The highest BCUT2D eigenvalue weighted by Crippen LogP contribution is 2.54. The van der Waals surface area contributed by atoms with Crippen LogP contribution in [0.25, 0.3) is 11.1 Å². The van der Waals surface area contributed by atoms with Crippen LogP contribution in [-0.4, -0.2) is 21.7 Å². The Hall–Kier alpha value is -3.80. The second kappa shape index (κ2) is 10.6. The van der Waals surface area contributed by atoms with Gasteiger partial charge in [0.25, 0.3) is 11.7 Å². The Labute approximate surface area is 206 Å². The van der Waals surface area contributed by atoms with Gasteiger partial charge >= 0.3 is 0 Å². The summed E-state index contributed by atoms with van der Waals surface area (Å²) in [5, 5.41) is 27.8. The van der Waals surface area contributed by atoms with Crippen LogP contribution in [-0.2, 0) is 10.2 Å². The van der Waals surface area contributed by atoms with E-state index in [1.54, 1.807) is 12.1 Å². The maximum absolute atomic E-state index is 11.5. The number of nitrogens with zero attached hydrogens (tertiary/aromatic N) is 1. The first-order valence-electron chi connectivity index (χ1n) is 11.9. The fourth-order valence-corrected chi connectivity index (χ4v) is 5.28. The van der Waals surface area contributed by atoms with E-state index < -0.39 is 5.97 Å². The van der Waals surface area contributed by atoms with Gasteiger partial charge in [-0.15, -0.1) is 0 Å². The minimum atomic E-state index is -0.833. The Kier molecular flexibility index (Phi) is 7.85. The van der Waals surface area contributed by atoms with Gasteiger partial charge in [0.2, 0.25) is 0 Å². The number of benzene rings is 3. The molecule has 1 aliphatic carbocycles. The lowest BCUT2D eigenvalue weighted by Crippen LogP contribution is -2.25. The summed E-state index contributed by atoms with van der Waals surface area (Å²) in [6.07, 6.45) is 3.84. The SMILES string of the molecule is CC(=O)O.CCCC1(CCC)c2cc(C(=N)c3ccccc3C)ccc2-c2ccc([N+](=O)[O-])cc21. The molecule has 6 nitrogen and oxygen atoms in total. The molecule has 0 aliphatic heterocycles. The summed E-state index contributed by atoms with van der Waals surface area (Å²) in [5.41, 5.74) is 7.85. The Morgan fingerprint density at radius 2 is 1.51 bits per heavy atom. The molecule has 3 aromatic rings. The number of carboxylic acids is 1. The quantitative estimate of drug-likeness (QED) is 0.214. The van der Waals surface area contributed by atoms with Crippen molar-refractivity contribution in [1.82, 2.24) is 0 Å². The molecule has 35 heavy (non-hydrogen) atoms. The number of hydrogen-bond acceptors (Lipinski definition) is 4. The minimum absolute atomic E-state index is 0.149. The standard InChI is InChI=1S/C27H28N2O2.C2H4O2/c1-4-14-27(15-5-2)24-16-19(26(28)21-9-7-6-8-18(21)3)10-12-22(24)23-13-11-20(29(30)31)17-25(23)27;1-2(3)4/h6-13,16-17,28H,4-5,14-15H2,1-3H3;1H3,(H,3,4). The molecule has 6 heteroatoms. The molecule has 1 aliphatic rings. The largest absolute Gasteiger partial charge is 0.481 e. The molecule has 0 amide bonds. The smallest absolute Gasteiger partial charge is 0.300 e. The van der Waals surface area contributed by atoms with Crippen LogP contribution in [0.1, 0.15) is 74.3 Å². The zero-order valence-electron chi connectivity index (χ0n) is 20.7. The van der Waals surface area contributed by atoms with E-state index in [1.165, 1.54) is 5.56 Å². The molecular weight excluding hydrogens is 440 g/mol. The van der Waals surface area contributed by atoms with Crippen LogP contribution in [0.3, 0.4) is 0 Å². The first kappa shape index (κ1) is 25.8. The third-order valence-electron chi connectivity index (χ3n) is 6.61. The second-order valence-corrected chi connectivity index (χ2v) is 9.04. The summed E-state index contributed by atoms with van der Waals surface area (Å²) in [4.78, 5) is 20.2. The van der Waals surface area contributed by atoms with Crippen LogP contribution in [0.15, 0.2) is 60.7 Å². The van der Waals surface area contributed by atoms with Gasteiger partial charge in [-0.1, -0.05) is 63.1 Å². The van der Waals surface area contributed by atoms with Gasteiger partial charge in [0, 0.05) is 35.6 Å². The number of non-ortho nitro benzene ring substituents is 1. The van der Waals surface area contributed by atoms with E-state index in [0.717, 1.165) is 66.0 Å². The molecule has 0 saturated carbocycles. The molecule has 0 radical (unpaired) electrons. The van der Waals surface area contributed by atoms with Crippen molar-refractivity contribution in [2.24, 2.45) is 0 Å². The highest BCUT2D eigenvalue weighted by Gasteiger charge is 2.42. The average molecular weight is 473 g/mol. The highest BCUT2D eigenvalue weighted by molar-refractivity contribution is 6.12. The molecule has 0 bridgehead atoms. The number of nitro groups is 1. The Bertz CT molecular complexity index is 1270. The Balaban J connectivity index is 0.000000795. The summed E-state index contributed by atoms with van der Waals surface area (Å²) in [5.74, 6) is -0.833. The topological polar surface area (TPSA) is 104 Å². The van der Waals surface area contributed by atoms with Crippen molar-refractivity contribution in [3.05, 3.63) is 98.6 Å². The number of fused-ring (bicyclic) bond motifs is 3. The summed E-state index contributed by atoms with van der Waals surface area (Å²) in [6.45, 7) is 7.46. The highest BCUT2D eigenvalue weighted by atomic mass is 16.6. The van der Waals surface area contributed by atoms with Crippen LogP contribution >= 0.6 is 0 Å². The molecule has 0 saturated heterocycles. The zero-order chi connectivity index (χ0) is 25.8. The van der Waals surface area contributed by atoms with E-state index in [0.29, 0.717) is 5.71 Å². The van der Waals surface area contributed by atoms with Gasteiger partial charge in [-0.05, 0) is 59.7 Å². The van der Waals surface area contributed by atoms with Crippen molar-refractivity contribution in [3.63, 3.8) is 0 Å². The molecule has 0 aromatic heterocycles. The average Bonchev–Trinajstić information content (AvgIpc) is 3.08. The Morgan fingerprint density at radius 1 is 0.971 bits per heavy atom. The van der Waals surface area contributed by atoms with E-state index in [-0.39, 0.29) is 16.0 Å².